The molecular formula is C19H16BrClN2O4. The molecule has 0 saturated heterocycles. The van der Waals surface area contributed by atoms with E-state index in [1.165, 1.54) is 13.3 Å². The molecule has 27 heavy (non-hydrogen) atoms. The maximum absolute atomic E-state index is 11.8. The van der Waals surface area contributed by atoms with E-state index in [1.54, 1.807) is 36.4 Å². The van der Waals surface area contributed by atoms with Crippen molar-refractivity contribution in [2.24, 2.45) is 5.16 Å². The predicted molar refractivity (Wildman–Crippen MR) is 109 cm³/mol. The summed E-state index contributed by atoms with van der Waals surface area (Å²) in [6.07, 6.45) is 6.65. The maximum Gasteiger partial charge on any atom is 0.265 e. The number of ether oxygens (including phenoxy) is 2. The molecule has 1 N–H and O–H groups in total. The van der Waals surface area contributed by atoms with E-state index in [4.69, 9.17) is 32.3 Å². The summed E-state index contributed by atoms with van der Waals surface area (Å²) in [5.41, 5.74) is 1.30. The molecule has 0 fully saturated rings. The Labute approximate surface area is 170 Å². The Kier molecular flexibility index (Phi) is 7.99. The Morgan fingerprint density at radius 1 is 1.37 bits per heavy atom. The van der Waals surface area contributed by atoms with Crippen LogP contribution in [0.5, 0.6) is 11.5 Å². The van der Waals surface area contributed by atoms with Crippen LogP contribution in [0.3, 0.4) is 0 Å². The van der Waals surface area contributed by atoms with E-state index in [9.17, 15) is 4.79 Å². The molecule has 0 aliphatic rings. The quantitative estimate of drug-likeness (QED) is 0.372. The number of anilines is 1. The number of hydrogen-bond donors (Lipinski definition) is 1. The fraction of sp³-hybridized carbons (Fsp3) is 0.158. The van der Waals surface area contributed by atoms with Crippen LogP contribution in [0.4, 0.5) is 5.69 Å². The summed E-state index contributed by atoms with van der Waals surface area (Å²) in [6.45, 7) is -0.116. The van der Waals surface area contributed by atoms with Gasteiger partial charge in [0.25, 0.3) is 5.91 Å². The van der Waals surface area contributed by atoms with Crippen LogP contribution in [0.2, 0.25) is 5.02 Å². The van der Waals surface area contributed by atoms with Gasteiger partial charge in [-0.1, -0.05) is 22.7 Å². The SMILES string of the molecule is C#CCOc1c(Br)cc(C=NOCC(=O)Nc2ccc(Cl)cc2)cc1OC. The molecule has 0 aromatic heterocycles. The molecule has 0 radical (unpaired) electrons. The Morgan fingerprint density at radius 3 is 2.78 bits per heavy atom. The standard InChI is InChI=1S/C19H16BrClN2O4/c1-3-8-26-19-16(20)9-13(10-17(19)25-2)11-22-27-12-18(24)23-15-6-4-14(21)5-7-15/h1,4-7,9-11H,8,12H2,2H3,(H,23,24). The fourth-order valence-electron chi connectivity index (χ4n) is 1.99. The Morgan fingerprint density at radius 2 is 2.11 bits per heavy atom. The second-order valence-electron chi connectivity index (χ2n) is 5.09. The average molecular weight is 452 g/mol. The van der Waals surface area contributed by atoms with Gasteiger partial charge < -0.3 is 19.6 Å². The number of methoxy groups -OCH3 is 1. The van der Waals surface area contributed by atoms with Crippen molar-refractivity contribution in [3.8, 4) is 23.8 Å². The fourth-order valence-corrected chi connectivity index (χ4v) is 2.69. The van der Waals surface area contributed by atoms with Gasteiger partial charge in [0.2, 0.25) is 0 Å². The molecule has 2 rings (SSSR count). The monoisotopic (exact) mass is 450 g/mol. The average Bonchev–Trinajstić information content (AvgIpc) is 2.66. The van der Waals surface area contributed by atoms with E-state index in [-0.39, 0.29) is 19.1 Å². The predicted octanol–water partition coefficient (Wildman–Crippen LogP) is 4.11. The van der Waals surface area contributed by atoms with E-state index in [1.807, 2.05) is 0 Å². The van der Waals surface area contributed by atoms with Crippen LogP contribution >= 0.6 is 27.5 Å². The molecule has 0 aliphatic carbocycles. The summed E-state index contributed by atoms with van der Waals surface area (Å²) < 4.78 is 11.4. The van der Waals surface area contributed by atoms with E-state index < -0.39 is 0 Å². The normalized spacial score (nSPS) is 10.3. The molecule has 0 bridgehead atoms. The molecular weight excluding hydrogens is 436 g/mol. The van der Waals surface area contributed by atoms with Gasteiger partial charge in [-0.25, -0.2) is 0 Å². The lowest BCUT2D eigenvalue weighted by atomic mass is 10.2. The minimum atomic E-state index is -0.341. The lowest BCUT2D eigenvalue weighted by molar-refractivity contribution is -0.120. The first kappa shape index (κ1) is 20.6. The molecule has 1 amide bonds. The van der Waals surface area contributed by atoms with Crippen LogP contribution in [0.15, 0.2) is 46.0 Å². The number of terminal acetylenes is 1. The Balaban J connectivity index is 1.91. The number of oxime groups is 1. The highest BCUT2D eigenvalue weighted by molar-refractivity contribution is 9.10. The van der Waals surface area contributed by atoms with Crippen LogP contribution in [-0.2, 0) is 9.63 Å². The minimum Gasteiger partial charge on any atom is -0.493 e. The van der Waals surface area contributed by atoms with Crippen LogP contribution in [0.1, 0.15) is 5.56 Å². The maximum atomic E-state index is 11.8. The van der Waals surface area contributed by atoms with Crippen molar-refractivity contribution in [1.29, 1.82) is 0 Å². The van der Waals surface area contributed by atoms with Crippen molar-refractivity contribution < 1.29 is 19.1 Å². The molecule has 140 valence electrons. The van der Waals surface area contributed by atoms with Crippen LogP contribution in [-0.4, -0.2) is 32.4 Å². The third-order valence-electron chi connectivity index (χ3n) is 3.15. The summed E-state index contributed by atoms with van der Waals surface area (Å²) in [5.74, 6) is 3.03. The van der Waals surface area contributed by atoms with Gasteiger partial charge in [0, 0.05) is 16.3 Å². The molecule has 0 heterocycles. The minimum absolute atomic E-state index is 0.119. The first-order chi connectivity index (χ1) is 13.0. The topological polar surface area (TPSA) is 69.2 Å². The number of amides is 1. The van der Waals surface area contributed by atoms with Crippen molar-refractivity contribution in [3.05, 3.63) is 51.5 Å². The molecule has 6 nitrogen and oxygen atoms in total. The van der Waals surface area contributed by atoms with E-state index in [0.29, 0.717) is 32.2 Å². The molecule has 0 spiro atoms. The molecule has 0 unspecified atom stereocenters. The number of halogens is 2. The van der Waals surface area contributed by atoms with Gasteiger partial charge in [-0.2, -0.15) is 0 Å². The molecule has 0 saturated carbocycles. The van der Waals surface area contributed by atoms with Gasteiger partial charge >= 0.3 is 0 Å². The summed E-state index contributed by atoms with van der Waals surface area (Å²) in [7, 11) is 1.52. The zero-order valence-electron chi connectivity index (χ0n) is 14.4. The smallest absolute Gasteiger partial charge is 0.265 e. The van der Waals surface area contributed by atoms with Gasteiger partial charge in [0.05, 0.1) is 17.8 Å². The highest BCUT2D eigenvalue weighted by atomic mass is 79.9. The first-order valence-electron chi connectivity index (χ1n) is 7.68. The summed E-state index contributed by atoms with van der Waals surface area (Å²) >= 11 is 9.18. The third-order valence-corrected chi connectivity index (χ3v) is 3.99. The van der Waals surface area contributed by atoms with Gasteiger partial charge in [-0.05, 0) is 52.3 Å². The number of hydrogen-bond acceptors (Lipinski definition) is 5. The number of benzene rings is 2. The Bertz CT molecular complexity index is 863. The second-order valence-corrected chi connectivity index (χ2v) is 6.38. The highest BCUT2D eigenvalue weighted by Gasteiger charge is 2.11. The summed E-state index contributed by atoms with van der Waals surface area (Å²) in [6, 6.07) is 10.2. The zero-order valence-corrected chi connectivity index (χ0v) is 16.7. The highest BCUT2D eigenvalue weighted by Crippen LogP contribution is 2.36. The van der Waals surface area contributed by atoms with Crippen LogP contribution in [0.25, 0.3) is 0 Å². The van der Waals surface area contributed by atoms with E-state index >= 15 is 0 Å². The summed E-state index contributed by atoms with van der Waals surface area (Å²) in [4.78, 5) is 16.8. The first-order valence-corrected chi connectivity index (χ1v) is 8.85. The van der Waals surface area contributed by atoms with Gasteiger partial charge in [0.15, 0.2) is 18.1 Å². The Hall–Kier alpha value is -2.69. The number of nitrogens with zero attached hydrogens (tertiary/aromatic N) is 1. The van der Waals surface area contributed by atoms with Crippen molar-refractivity contribution in [1.82, 2.24) is 0 Å². The van der Waals surface area contributed by atoms with Crippen LogP contribution < -0.4 is 14.8 Å². The molecule has 2 aromatic carbocycles. The molecule has 2 aromatic rings. The third kappa shape index (κ3) is 6.51. The largest absolute Gasteiger partial charge is 0.493 e. The van der Waals surface area contributed by atoms with Crippen molar-refractivity contribution in [2.75, 3.05) is 25.6 Å². The second kappa shape index (κ2) is 10.5. The van der Waals surface area contributed by atoms with Gasteiger partial charge in [-0.15, -0.1) is 6.42 Å². The summed E-state index contributed by atoms with van der Waals surface area (Å²) in [5, 5.41) is 7.04. The van der Waals surface area contributed by atoms with Gasteiger partial charge in [-0.3, -0.25) is 4.79 Å². The van der Waals surface area contributed by atoms with Crippen molar-refractivity contribution in [2.45, 2.75) is 0 Å². The zero-order chi connectivity index (χ0) is 19.6. The van der Waals surface area contributed by atoms with Crippen molar-refractivity contribution >= 4 is 45.3 Å². The van der Waals surface area contributed by atoms with E-state index in [0.717, 1.165) is 0 Å². The number of nitrogens with one attached hydrogen (secondary N) is 1. The number of carbonyl (C=O) groups is 1. The van der Waals surface area contributed by atoms with Gasteiger partial charge in [0.1, 0.15) is 6.61 Å². The number of carbonyl (C=O) groups excluding carboxylic acids is 1. The lowest BCUT2D eigenvalue weighted by Crippen LogP contribution is -2.16. The van der Waals surface area contributed by atoms with Crippen LogP contribution in [0, 0.1) is 12.3 Å². The molecule has 8 heteroatoms. The van der Waals surface area contributed by atoms with E-state index in [2.05, 4.69) is 32.3 Å². The molecule has 0 aliphatic heterocycles. The number of rotatable bonds is 8. The molecule has 0 atom stereocenters. The lowest BCUT2D eigenvalue weighted by Gasteiger charge is -2.11. The van der Waals surface area contributed by atoms with Crippen molar-refractivity contribution in [3.63, 3.8) is 0 Å².